The maximum atomic E-state index is 15.0. The maximum absolute atomic E-state index is 15.0. The molecule has 0 aliphatic carbocycles. The van der Waals surface area contributed by atoms with Gasteiger partial charge in [-0.15, -0.1) is 0 Å². The first-order valence-electron chi connectivity index (χ1n) is 54.6. The smallest absolute Gasteiger partial charge is 0.211 e. The lowest BCUT2D eigenvalue weighted by Gasteiger charge is -2.63. The first-order chi connectivity index (χ1) is 73.2. The van der Waals surface area contributed by atoms with Crippen LogP contribution in [0.4, 0.5) is 0 Å². The van der Waals surface area contributed by atoms with Gasteiger partial charge in [0.2, 0.25) is 122 Å². The second kappa shape index (κ2) is 100. The summed E-state index contributed by atoms with van der Waals surface area (Å²) in [7, 11) is 0. The van der Waals surface area contributed by atoms with E-state index in [1.165, 1.54) is 109 Å². The largest absolute Gasteiger partial charge is 0.237 e. The van der Waals surface area contributed by atoms with Crippen molar-refractivity contribution >= 4 is 122 Å². The van der Waals surface area contributed by atoms with E-state index in [0.717, 1.165) is 225 Å². The predicted octanol–water partition coefficient (Wildman–Crippen LogP) is 24.0. The van der Waals surface area contributed by atoms with Crippen molar-refractivity contribution in [3.05, 3.63) is 0 Å². The minimum absolute atomic E-state index is 0.144. The molecule has 149 heavy (non-hydrogen) atoms. The molecule has 40 nitrogen and oxygen atoms in total. The molecule has 0 rings (SSSR count). The third-order valence-electron chi connectivity index (χ3n) is 28.9. The van der Waals surface area contributed by atoms with Gasteiger partial charge >= 0.3 is 0 Å². The van der Waals surface area contributed by atoms with Crippen LogP contribution in [0.15, 0.2) is 99.8 Å². The molecule has 0 aliphatic rings. The van der Waals surface area contributed by atoms with E-state index in [-0.39, 0.29) is 5.92 Å². The number of carbonyl (C=O) groups excluding carboxylic acids is 20. The molecule has 0 fully saturated rings. The fraction of sp³-hybridized carbons (Fsp3) is 0.817. The molecule has 0 saturated heterocycles. The van der Waals surface area contributed by atoms with Crippen LogP contribution in [0, 0.1) is 16.7 Å². The molecule has 1 atom stereocenters. The summed E-state index contributed by atoms with van der Waals surface area (Å²) in [4.78, 5) is 312. The summed E-state index contributed by atoms with van der Waals surface area (Å²) in [5.41, 5.74) is -3.61. The summed E-state index contributed by atoms with van der Waals surface area (Å²) >= 11 is 0. The summed E-state index contributed by atoms with van der Waals surface area (Å²) in [6.45, 7) is 0. The van der Waals surface area contributed by atoms with E-state index in [9.17, 15) is 95.9 Å². The van der Waals surface area contributed by atoms with E-state index in [1.807, 2.05) is 0 Å². The lowest BCUT2D eigenvalue weighted by atomic mass is 9.42. The van der Waals surface area contributed by atoms with Crippen molar-refractivity contribution in [3.63, 3.8) is 0 Å². The predicted molar refractivity (Wildman–Crippen MR) is 557 cm³/mol. The number of isocyanates is 20. The Morgan fingerprint density at radius 3 is 0.450 bits per heavy atom. The first kappa shape index (κ1) is 137. The highest BCUT2D eigenvalue weighted by molar-refractivity contribution is 5.42. The lowest BCUT2D eigenvalue weighted by molar-refractivity contribution is -0.123. The maximum Gasteiger partial charge on any atom is 0.237 e. The van der Waals surface area contributed by atoms with Gasteiger partial charge in [-0.3, -0.25) is 0 Å². The van der Waals surface area contributed by atoms with Crippen LogP contribution in [0.25, 0.3) is 0 Å². The van der Waals surface area contributed by atoms with Crippen molar-refractivity contribution in [1.29, 1.82) is 0 Å². The van der Waals surface area contributed by atoms with E-state index in [2.05, 4.69) is 102 Å². The van der Waals surface area contributed by atoms with E-state index in [1.54, 1.807) is 0 Å². The van der Waals surface area contributed by atoms with Gasteiger partial charge in [-0.1, -0.05) is 295 Å². The van der Waals surface area contributed by atoms with Gasteiger partial charge in [0.25, 0.3) is 0 Å². The molecule has 0 radical (unpaired) electrons. The van der Waals surface area contributed by atoms with Crippen molar-refractivity contribution in [2.75, 3.05) is 0 Å². The van der Waals surface area contributed by atoms with E-state index in [4.69, 9.17) is 9.98 Å². The minimum atomic E-state index is -1.14. The van der Waals surface area contributed by atoms with Gasteiger partial charge in [0, 0.05) is 5.41 Å². The number of hydrogen-bond donors (Lipinski definition) is 0. The highest BCUT2D eigenvalue weighted by Gasteiger charge is 2.63. The number of aliphatic imine (C=N–C) groups is 20. The SMILES string of the molecule is O=C=NC(CCCCCCCCC(CCCC(CCCCCCCCC(N=C=O)N=C=O)(CCCCCCCCC(N=C=O)N=C=O)N=C=O)C(CCCCCCCCC(N=C=O)N=C=O)(CCCCCCCCC(N=C=O)N=C=O)C(CCCCCCCCC(N=C=O)N=C=O)(CCCCCCCCC(N=C=O)N=C=O)C(CCCCCCCCC(N=C=O)N=C=O)(CCCCCCCCC(N=C=O)N=C=O)N=C=O)N=C=O. The van der Waals surface area contributed by atoms with Gasteiger partial charge in [-0.2, -0.15) is 99.8 Å². The summed E-state index contributed by atoms with van der Waals surface area (Å²) in [6, 6.07) is 0. The highest BCUT2D eigenvalue weighted by Crippen LogP contribution is 2.67. The quantitative estimate of drug-likeness (QED) is 0.0310. The highest BCUT2D eigenvalue weighted by atomic mass is 16.2. The van der Waals surface area contributed by atoms with Gasteiger partial charge in [-0.05, 0) is 198 Å². The van der Waals surface area contributed by atoms with Crippen LogP contribution in [0.2, 0.25) is 0 Å². The molecule has 0 aromatic rings. The Bertz CT molecular complexity index is 4300. The molecule has 1 unspecified atom stereocenters. The molecule has 0 amide bonds. The first-order valence-corrected chi connectivity index (χ1v) is 54.6. The monoisotopic (exact) mass is 2070 g/mol. The molecule has 0 N–H and O–H groups in total. The lowest BCUT2D eigenvalue weighted by Crippen LogP contribution is -2.60. The molecule has 0 heterocycles. The Labute approximate surface area is 877 Å². The van der Waals surface area contributed by atoms with Crippen LogP contribution in [0.5, 0.6) is 0 Å². The van der Waals surface area contributed by atoms with Gasteiger partial charge in [0.15, 0.2) is 55.5 Å². The standard InChI is InChI=1S/C109H160N20O20/c130-76-110-97(111-77-131)58-38-20-2-1-19-37-56-96(57-55-69-106(128-94-148,67-47-29-11-3-21-39-59-98(112-78-132)113-79-133)68-48-30-12-4-22-40-60-99(114-80-134)115-81-135)107(70-49-31-13-5-23-41-61-100(116-82-136)117-83-137,71-50-32-14-6-24-42-62-101(118-84-138)119-85-139)108(72-51-33-15-7-25-43-63-102(120-86-140)121-87-141,73-52-34-16-8-26-44-64-103(122-88-142)123-89-143)109(129-95-149,74-53-35-17-9-27-45-65-104(124-90-144)125-91-145)75-54-36-18-10-28-46-66-105(126-92-146)127-93-147/h96-105H,1-75H2. The van der Waals surface area contributed by atoms with E-state index in [0.29, 0.717) is 257 Å². The van der Waals surface area contributed by atoms with Crippen LogP contribution < -0.4 is 0 Å². The zero-order chi connectivity index (χ0) is 109. The van der Waals surface area contributed by atoms with Crippen LogP contribution in [0.1, 0.15) is 482 Å². The van der Waals surface area contributed by atoms with Gasteiger partial charge in [0.05, 0.1) is 11.1 Å². The molecular formula is C109H160N20O20. The number of nitrogens with zero attached hydrogens (tertiary/aromatic N) is 20. The Balaban J connectivity index is 10.6. The molecule has 816 valence electrons. The zero-order valence-corrected chi connectivity index (χ0v) is 87.9. The summed E-state index contributed by atoms with van der Waals surface area (Å²) in [6.07, 6.45) is 73.1. The average molecular weight is 2070 g/mol. The summed E-state index contributed by atoms with van der Waals surface area (Å²) < 4.78 is 0. The molecule has 0 aromatic carbocycles. The molecule has 0 spiro atoms. The van der Waals surface area contributed by atoms with Crippen molar-refractivity contribution < 1.29 is 95.9 Å². The fourth-order valence-electron chi connectivity index (χ4n) is 21.6. The Kier molecular flexibility index (Phi) is 91.8. The number of hydrogen-bond acceptors (Lipinski definition) is 40. The Morgan fingerprint density at radius 2 is 0.268 bits per heavy atom. The Hall–Kier alpha value is -12.4. The van der Waals surface area contributed by atoms with Gasteiger partial charge < -0.3 is 0 Å². The van der Waals surface area contributed by atoms with Crippen molar-refractivity contribution in [3.8, 4) is 0 Å². The Morgan fingerprint density at radius 1 is 0.128 bits per heavy atom. The minimum Gasteiger partial charge on any atom is -0.211 e. The van der Waals surface area contributed by atoms with Crippen molar-refractivity contribution in [2.24, 2.45) is 117 Å². The summed E-state index contributed by atoms with van der Waals surface area (Å²) in [5.74, 6) is -0.144. The van der Waals surface area contributed by atoms with Crippen molar-refractivity contribution in [1.82, 2.24) is 0 Å². The van der Waals surface area contributed by atoms with Crippen LogP contribution >= 0.6 is 0 Å². The van der Waals surface area contributed by atoms with E-state index >= 15 is 0 Å². The average Bonchev–Trinajstić information content (AvgIpc) is 0.708. The van der Waals surface area contributed by atoms with Gasteiger partial charge in [-0.25, -0.2) is 95.9 Å². The molecular weight excluding hydrogens is 1910 g/mol. The topological polar surface area (TPSA) is 589 Å². The zero-order valence-electron chi connectivity index (χ0n) is 87.9. The van der Waals surface area contributed by atoms with Crippen molar-refractivity contribution in [2.45, 2.75) is 548 Å². The molecule has 0 aromatic heterocycles. The third kappa shape index (κ3) is 68.8. The van der Waals surface area contributed by atoms with Crippen LogP contribution in [-0.4, -0.2) is 188 Å². The second-order valence-electron chi connectivity index (χ2n) is 38.8. The summed E-state index contributed by atoms with van der Waals surface area (Å²) in [5, 5.41) is 0. The molecule has 0 saturated carbocycles. The number of rotatable bonds is 108. The second-order valence-corrected chi connectivity index (χ2v) is 38.8. The third-order valence-corrected chi connectivity index (χ3v) is 28.9. The van der Waals surface area contributed by atoms with Crippen LogP contribution in [0.3, 0.4) is 0 Å². The normalized spacial score (nSPS) is 14.1. The van der Waals surface area contributed by atoms with Crippen LogP contribution in [-0.2, 0) is 95.9 Å². The molecule has 0 aliphatic heterocycles. The fourth-order valence-corrected chi connectivity index (χ4v) is 21.6. The molecule has 0 bridgehead atoms. The van der Waals surface area contributed by atoms with E-state index < -0.39 is 77.4 Å². The molecule has 40 heteroatoms. The number of unbranched alkanes of at least 4 members (excludes halogenated alkanes) is 45. The van der Waals surface area contributed by atoms with Gasteiger partial charge in [0.1, 0.15) is 0 Å².